The number of likely N-dealkylation sites (N-methyl/N-ethyl adjacent to an activating group) is 1. The van der Waals surface area contributed by atoms with Crippen LogP contribution in [0.5, 0.6) is 0 Å². The van der Waals surface area contributed by atoms with Crippen molar-refractivity contribution in [3.05, 3.63) is 64.6 Å². The number of carbonyl (C=O) groups excluding carboxylic acids is 1. The van der Waals surface area contributed by atoms with Gasteiger partial charge in [-0.3, -0.25) is 9.59 Å². The SMILES string of the molecule is CCN1CCC[C@@H](NC(=O)Cn2nc(C(C)C)c(-c3cccc4ccccc34)cc2=O)C1. The van der Waals surface area contributed by atoms with Crippen LogP contribution < -0.4 is 10.9 Å². The van der Waals surface area contributed by atoms with Crippen LogP contribution in [0.2, 0.25) is 0 Å². The first-order valence-electron chi connectivity index (χ1n) is 11.6. The minimum absolute atomic E-state index is 0.0585. The molecule has 0 radical (unpaired) electrons. The summed E-state index contributed by atoms with van der Waals surface area (Å²) in [6, 6.07) is 16.0. The zero-order chi connectivity index (χ0) is 22.7. The molecule has 1 N–H and O–H groups in total. The van der Waals surface area contributed by atoms with Crippen LogP contribution >= 0.6 is 0 Å². The maximum absolute atomic E-state index is 13.0. The summed E-state index contributed by atoms with van der Waals surface area (Å²) in [5, 5.41) is 9.96. The Labute approximate surface area is 189 Å². The van der Waals surface area contributed by atoms with Crippen molar-refractivity contribution in [2.24, 2.45) is 0 Å². The molecular formula is C26H32N4O2. The van der Waals surface area contributed by atoms with E-state index in [1.165, 1.54) is 4.68 Å². The van der Waals surface area contributed by atoms with E-state index >= 15 is 0 Å². The molecule has 4 rings (SSSR count). The number of likely N-dealkylation sites (tertiary alicyclic amines) is 1. The van der Waals surface area contributed by atoms with Gasteiger partial charge >= 0.3 is 0 Å². The summed E-state index contributed by atoms with van der Waals surface area (Å²) in [7, 11) is 0. The average Bonchev–Trinajstić information content (AvgIpc) is 2.79. The number of nitrogens with one attached hydrogen (secondary N) is 1. The lowest BCUT2D eigenvalue weighted by molar-refractivity contribution is -0.123. The standard InChI is InChI=1S/C26H32N4O2/c1-4-29-14-8-11-20(16-29)27-24(31)17-30-25(32)15-23(26(28-30)18(2)3)22-13-7-10-19-9-5-6-12-21(19)22/h5-7,9-10,12-13,15,18,20H,4,8,11,14,16-17H2,1-3H3,(H,27,31)/t20-/m1/s1. The number of fused-ring (bicyclic) bond motifs is 1. The average molecular weight is 433 g/mol. The topological polar surface area (TPSA) is 67.2 Å². The molecule has 6 heteroatoms. The number of hydrogen-bond acceptors (Lipinski definition) is 4. The molecule has 0 unspecified atom stereocenters. The Morgan fingerprint density at radius 2 is 1.94 bits per heavy atom. The Kier molecular flexibility index (Phi) is 6.70. The lowest BCUT2D eigenvalue weighted by Gasteiger charge is -2.32. The van der Waals surface area contributed by atoms with E-state index in [0.717, 1.165) is 60.1 Å². The van der Waals surface area contributed by atoms with E-state index in [9.17, 15) is 9.59 Å². The van der Waals surface area contributed by atoms with Crippen molar-refractivity contribution in [3.63, 3.8) is 0 Å². The Balaban J connectivity index is 1.62. The van der Waals surface area contributed by atoms with Crippen molar-refractivity contribution >= 4 is 16.7 Å². The predicted octanol–water partition coefficient (Wildman–Crippen LogP) is 3.79. The van der Waals surface area contributed by atoms with E-state index in [1.54, 1.807) is 6.07 Å². The van der Waals surface area contributed by atoms with Crippen molar-refractivity contribution < 1.29 is 4.79 Å². The molecule has 1 aromatic heterocycles. The molecule has 1 aliphatic rings. The van der Waals surface area contributed by atoms with Crippen LogP contribution in [0.25, 0.3) is 21.9 Å². The smallest absolute Gasteiger partial charge is 0.267 e. The highest BCUT2D eigenvalue weighted by atomic mass is 16.2. The Hall–Kier alpha value is -2.99. The molecule has 1 aliphatic heterocycles. The number of hydrogen-bond donors (Lipinski definition) is 1. The Bertz CT molecular complexity index is 1160. The molecule has 2 heterocycles. The first-order valence-corrected chi connectivity index (χ1v) is 11.6. The monoisotopic (exact) mass is 432 g/mol. The molecule has 1 saturated heterocycles. The fourth-order valence-corrected chi connectivity index (χ4v) is 4.59. The summed E-state index contributed by atoms with van der Waals surface area (Å²) >= 11 is 0. The van der Waals surface area contributed by atoms with Crippen molar-refractivity contribution in [2.75, 3.05) is 19.6 Å². The minimum atomic E-state index is -0.258. The van der Waals surface area contributed by atoms with E-state index in [0.29, 0.717) is 0 Å². The number of piperidine rings is 1. The Morgan fingerprint density at radius 3 is 2.72 bits per heavy atom. The van der Waals surface area contributed by atoms with Gasteiger partial charge in [-0.05, 0) is 48.2 Å². The molecule has 3 aromatic rings. The highest BCUT2D eigenvalue weighted by Gasteiger charge is 2.21. The first-order chi connectivity index (χ1) is 15.5. The molecule has 0 saturated carbocycles. The number of nitrogens with zero attached hydrogens (tertiary/aromatic N) is 3. The highest BCUT2D eigenvalue weighted by molar-refractivity contribution is 5.97. The molecule has 1 fully saturated rings. The zero-order valence-electron chi connectivity index (χ0n) is 19.2. The van der Waals surface area contributed by atoms with Crippen LogP contribution in [0.1, 0.15) is 45.2 Å². The second-order valence-corrected chi connectivity index (χ2v) is 8.92. The molecule has 168 valence electrons. The maximum atomic E-state index is 13.0. The highest BCUT2D eigenvalue weighted by Crippen LogP contribution is 2.32. The second-order valence-electron chi connectivity index (χ2n) is 8.92. The summed E-state index contributed by atoms with van der Waals surface area (Å²) in [5.41, 5.74) is 2.40. The van der Waals surface area contributed by atoms with Crippen LogP contribution in [-0.4, -0.2) is 46.3 Å². The quantitative estimate of drug-likeness (QED) is 0.644. The summed E-state index contributed by atoms with van der Waals surface area (Å²) in [6.45, 7) is 9.13. The van der Waals surface area contributed by atoms with Gasteiger partial charge in [0.25, 0.3) is 5.56 Å². The van der Waals surface area contributed by atoms with Crippen molar-refractivity contribution in [1.82, 2.24) is 20.0 Å². The third-order valence-electron chi connectivity index (χ3n) is 6.26. The summed E-state index contributed by atoms with van der Waals surface area (Å²) < 4.78 is 1.31. The molecule has 1 atom stereocenters. The lowest BCUT2D eigenvalue weighted by Crippen LogP contribution is -2.48. The summed E-state index contributed by atoms with van der Waals surface area (Å²) in [5.74, 6) is -0.0505. The minimum Gasteiger partial charge on any atom is -0.350 e. The van der Waals surface area contributed by atoms with Gasteiger partial charge in [0, 0.05) is 24.2 Å². The van der Waals surface area contributed by atoms with Crippen LogP contribution in [0.15, 0.2) is 53.3 Å². The molecule has 6 nitrogen and oxygen atoms in total. The maximum Gasteiger partial charge on any atom is 0.267 e. The van der Waals surface area contributed by atoms with Gasteiger partial charge in [0.15, 0.2) is 0 Å². The van der Waals surface area contributed by atoms with Crippen LogP contribution in [0.3, 0.4) is 0 Å². The summed E-state index contributed by atoms with van der Waals surface area (Å²) in [6.07, 6.45) is 2.05. The van der Waals surface area contributed by atoms with Gasteiger partial charge in [-0.25, -0.2) is 4.68 Å². The second kappa shape index (κ2) is 9.65. The zero-order valence-corrected chi connectivity index (χ0v) is 19.2. The van der Waals surface area contributed by atoms with Gasteiger partial charge in [0.1, 0.15) is 6.54 Å². The van der Waals surface area contributed by atoms with Crippen LogP contribution in [-0.2, 0) is 11.3 Å². The number of carbonyl (C=O) groups is 1. The molecule has 2 aromatic carbocycles. The molecule has 0 spiro atoms. The Morgan fingerprint density at radius 1 is 1.16 bits per heavy atom. The van der Waals surface area contributed by atoms with Crippen molar-refractivity contribution in [2.45, 2.75) is 52.1 Å². The van der Waals surface area contributed by atoms with Gasteiger partial charge in [-0.1, -0.05) is 63.2 Å². The number of benzene rings is 2. The molecule has 32 heavy (non-hydrogen) atoms. The van der Waals surface area contributed by atoms with E-state index < -0.39 is 0 Å². The van der Waals surface area contributed by atoms with Crippen molar-refractivity contribution in [3.8, 4) is 11.1 Å². The third-order valence-corrected chi connectivity index (χ3v) is 6.26. The molecule has 0 aliphatic carbocycles. The first kappa shape index (κ1) is 22.2. The summed E-state index contributed by atoms with van der Waals surface area (Å²) in [4.78, 5) is 28.0. The van der Waals surface area contributed by atoms with Gasteiger partial charge in [0.05, 0.1) is 5.69 Å². The van der Waals surface area contributed by atoms with Crippen LogP contribution in [0.4, 0.5) is 0 Å². The fourth-order valence-electron chi connectivity index (χ4n) is 4.59. The normalized spacial score (nSPS) is 17.1. The number of aromatic nitrogens is 2. The van der Waals surface area contributed by atoms with Gasteiger partial charge in [-0.15, -0.1) is 0 Å². The number of amides is 1. The molecule has 1 amide bonds. The van der Waals surface area contributed by atoms with Gasteiger partial charge in [-0.2, -0.15) is 5.10 Å². The fraction of sp³-hybridized carbons (Fsp3) is 0.423. The van der Waals surface area contributed by atoms with Gasteiger partial charge < -0.3 is 10.2 Å². The van der Waals surface area contributed by atoms with Crippen LogP contribution in [0, 0.1) is 0 Å². The van der Waals surface area contributed by atoms with E-state index in [1.807, 2.05) is 24.3 Å². The molecular weight excluding hydrogens is 400 g/mol. The van der Waals surface area contributed by atoms with Crippen molar-refractivity contribution in [1.29, 1.82) is 0 Å². The van der Waals surface area contributed by atoms with E-state index in [4.69, 9.17) is 0 Å². The van der Waals surface area contributed by atoms with Gasteiger partial charge in [0.2, 0.25) is 5.91 Å². The predicted molar refractivity (Wildman–Crippen MR) is 129 cm³/mol. The lowest BCUT2D eigenvalue weighted by atomic mass is 9.94. The largest absolute Gasteiger partial charge is 0.350 e. The molecule has 0 bridgehead atoms. The third kappa shape index (κ3) is 4.75. The van der Waals surface area contributed by atoms with E-state index in [-0.39, 0.29) is 30.0 Å². The van der Waals surface area contributed by atoms with E-state index in [2.05, 4.69) is 54.3 Å². The number of rotatable bonds is 6.